The molecule has 0 saturated carbocycles. The first-order valence-corrected chi connectivity index (χ1v) is 8.42. The van der Waals surface area contributed by atoms with Crippen LogP contribution in [0, 0.1) is 0 Å². The van der Waals surface area contributed by atoms with E-state index in [9.17, 15) is 9.59 Å². The van der Waals surface area contributed by atoms with Crippen LogP contribution in [0.4, 0.5) is 16.2 Å². The van der Waals surface area contributed by atoms with E-state index >= 15 is 0 Å². The number of piperidine rings is 1. The van der Waals surface area contributed by atoms with Crippen molar-refractivity contribution in [1.29, 1.82) is 0 Å². The van der Waals surface area contributed by atoms with E-state index in [0.29, 0.717) is 30.0 Å². The maximum absolute atomic E-state index is 12.1. The summed E-state index contributed by atoms with van der Waals surface area (Å²) < 4.78 is 10.2. The third kappa shape index (κ3) is 5.27. The standard InChI is InChI=1S/C18H27N3O4/c1-18(2,3)25-17(23)21-9-7-13(8-10-21)20-15-11-12(19)5-6-14(15)16(22)24-4/h5-6,11,13,20H,7-10,19H2,1-4H3. The van der Waals surface area contributed by atoms with Crippen LogP contribution in [0.5, 0.6) is 0 Å². The number of likely N-dealkylation sites (tertiary alicyclic amines) is 1. The number of nitrogens with zero attached hydrogens (tertiary/aromatic N) is 1. The Morgan fingerprint density at radius 3 is 2.44 bits per heavy atom. The van der Waals surface area contributed by atoms with Gasteiger partial charge in [0.05, 0.1) is 18.4 Å². The van der Waals surface area contributed by atoms with Crippen molar-refractivity contribution in [3.63, 3.8) is 0 Å². The van der Waals surface area contributed by atoms with Crippen molar-refractivity contribution >= 4 is 23.4 Å². The number of ether oxygens (including phenoxy) is 2. The number of rotatable bonds is 3. The van der Waals surface area contributed by atoms with Gasteiger partial charge >= 0.3 is 12.1 Å². The first-order valence-electron chi connectivity index (χ1n) is 8.42. The van der Waals surface area contributed by atoms with E-state index in [1.54, 1.807) is 23.1 Å². The van der Waals surface area contributed by atoms with Crippen LogP contribution in [-0.2, 0) is 9.47 Å². The average molecular weight is 349 g/mol. The average Bonchev–Trinajstić information content (AvgIpc) is 2.53. The summed E-state index contributed by atoms with van der Waals surface area (Å²) in [5.74, 6) is -0.409. The number of hydrogen-bond acceptors (Lipinski definition) is 6. The van der Waals surface area contributed by atoms with Gasteiger partial charge in [-0.3, -0.25) is 0 Å². The fourth-order valence-corrected chi connectivity index (χ4v) is 2.72. The first-order chi connectivity index (χ1) is 11.7. The van der Waals surface area contributed by atoms with Crippen LogP contribution >= 0.6 is 0 Å². The second-order valence-electron chi connectivity index (χ2n) is 7.18. The highest BCUT2D eigenvalue weighted by Gasteiger charge is 2.27. The lowest BCUT2D eigenvalue weighted by Crippen LogP contribution is -2.44. The molecular formula is C18H27N3O4. The summed E-state index contributed by atoms with van der Waals surface area (Å²) in [5.41, 5.74) is 7.01. The highest BCUT2D eigenvalue weighted by molar-refractivity contribution is 5.96. The molecule has 2 rings (SSSR count). The quantitative estimate of drug-likeness (QED) is 0.644. The highest BCUT2D eigenvalue weighted by atomic mass is 16.6. The topological polar surface area (TPSA) is 93.9 Å². The van der Waals surface area contributed by atoms with Crippen molar-refractivity contribution in [3.8, 4) is 0 Å². The molecule has 1 aliphatic heterocycles. The summed E-state index contributed by atoms with van der Waals surface area (Å²) in [6.45, 7) is 6.76. The van der Waals surface area contributed by atoms with E-state index in [2.05, 4.69) is 5.32 Å². The van der Waals surface area contributed by atoms with Crippen LogP contribution in [0.15, 0.2) is 18.2 Å². The fraction of sp³-hybridized carbons (Fsp3) is 0.556. The first kappa shape index (κ1) is 18.9. The van der Waals surface area contributed by atoms with Crippen molar-refractivity contribution in [2.75, 3.05) is 31.2 Å². The number of amides is 1. The second kappa shape index (κ2) is 7.63. The number of nitrogens with one attached hydrogen (secondary N) is 1. The molecule has 0 spiro atoms. The molecule has 1 aromatic rings. The van der Waals surface area contributed by atoms with Gasteiger partial charge in [0.1, 0.15) is 5.60 Å². The van der Waals surface area contributed by atoms with E-state index < -0.39 is 11.6 Å². The number of carbonyl (C=O) groups excluding carboxylic acids is 2. The molecule has 0 bridgehead atoms. The van der Waals surface area contributed by atoms with Crippen molar-refractivity contribution in [2.45, 2.75) is 45.3 Å². The van der Waals surface area contributed by atoms with E-state index in [-0.39, 0.29) is 12.1 Å². The maximum Gasteiger partial charge on any atom is 0.410 e. The molecular weight excluding hydrogens is 322 g/mol. The zero-order chi connectivity index (χ0) is 18.6. The molecule has 3 N–H and O–H groups in total. The molecule has 7 nitrogen and oxygen atoms in total. The highest BCUT2D eigenvalue weighted by Crippen LogP contribution is 2.24. The zero-order valence-electron chi connectivity index (χ0n) is 15.3. The Labute approximate surface area is 148 Å². The van der Waals surface area contributed by atoms with Crippen molar-refractivity contribution in [2.24, 2.45) is 0 Å². The number of hydrogen-bond donors (Lipinski definition) is 2. The predicted octanol–water partition coefficient (Wildman–Crippen LogP) is 2.87. The number of anilines is 2. The van der Waals surface area contributed by atoms with Gasteiger partial charge in [0.2, 0.25) is 0 Å². The summed E-state index contributed by atoms with van der Waals surface area (Å²) in [4.78, 5) is 25.7. The number of nitrogens with two attached hydrogens (primary N) is 1. The molecule has 0 atom stereocenters. The molecule has 1 saturated heterocycles. The van der Waals surface area contributed by atoms with E-state index in [1.807, 2.05) is 20.8 Å². The Hall–Kier alpha value is -2.44. The van der Waals surface area contributed by atoms with Gasteiger partial charge in [0.15, 0.2) is 0 Å². The lowest BCUT2D eigenvalue weighted by Gasteiger charge is -2.34. The normalized spacial score (nSPS) is 15.6. The van der Waals surface area contributed by atoms with E-state index in [1.165, 1.54) is 7.11 Å². The number of carbonyl (C=O) groups is 2. The molecule has 0 aromatic heterocycles. The van der Waals surface area contributed by atoms with Gasteiger partial charge < -0.3 is 25.4 Å². The monoisotopic (exact) mass is 349 g/mol. The third-order valence-electron chi connectivity index (χ3n) is 3.96. The van der Waals surface area contributed by atoms with Crippen LogP contribution in [0.2, 0.25) is 0 Å². The minimum Gasteiger partial charge on any atom is -0.465 e. The summed E-state index contributed by atoms with van der Waals surface area (Å²) in [5, 5.41) is 3.35. The minimum atomic E-state index is -0.497. The smallest absolute Gasteiger partial charge is 0.410 e. The minimum absolute atomic E-state index is 0.142. The molecule has 7 heteroatoms. The summed E-state index contributed by atoms with van der Waals surface area (Å²) >= 11 is 0. The number of methoxy groups -OCH3 is 1. The van der Waals surface area contributed by atoms with E-state index in [0.717, 1.165) is 12.8 Å². The Kier molecular flexibility index (Phi) is 5.77. The van der Waals surface area contributed by atoms with Crippen molar-refractivity contribution < 1.29 is 19.1 Å². The van der Waals surface area contributed by atoms with Gasteiger partial charge in [-0.05, 0) is 51.8 Å². The van der Waals surface area contributed by atoms with E-state index in [4.69, 9.17) is 15.2 Å². The van der Waals surface area contributed by atoms with Crippen LogP contribution in [0.1, 0.15) is 44.0 Å². The van der Waals surface area contributed by atoms with Gasteiger partial charge in [0, 0.05) is 24.8 Å². The van der Waals surface area contributed by atoms with Crippen LogP contribution < -0.4 is 11.1 Å². The molecule has 138 valence electrons. The molecule has 1 heterocycles. The molecule has 25 heavy (non-hydrogen) atoms. The maximum atomic E-state index is 12.1. The van der Waals surface area contributed by atoms with Gasteiger partial charge in [-0.15, -0.1) is 0 Å². The molecule has 0 aliphatic carbocycles. The largest absolute Gasteiger partial charge is 0.465 e. The van der Waals surface area contributed by atoms with Crippen molar-refractivity contribution in [1.82, 2.24) is 4.90 Å². The van der Waals surface area contributed by atoms with Gasteiger partial charge in [-0.25, -0.2) is 9.59 Å². The van der Waals surface area contributed by atoms with Gasteiger partial charge in [-0.1, -0.05) is 0 Å². The lowest BCUT2D eigenvalue weighted by molar-refractivity contribution is 0.0210. The van der Waals surface area contributed by atoms with Crippen LogP contribution in [0.25, 0.3) is 0 Å². The number of nitrogen functional groups attached to an aromatic ring is 1. The molecule has 1 aromatic carbocycles. The number of benzene rings is 1. The van der Waals surface area contributed by atoms with Gasteiger partial charge in [0.25, 0.3) is 0 Å². The summed E-state index contributed by atoms with van der Waals surface area (Å²) in [6.07, 6.45) is 1.23. The Bertz CT molecular complexity index is 632. The zero-order valence-corrected chi connectivity index (χ0v) is 15.3. The summed E-state index contributed by atoms with van der Waals surface area (Å²) in [7, 11) is 1.35. The SMILES string of the molecule is COC(=O)c1ccc(N)cc1NC1CCN(C(=O)OC(C)(C)C)CC1. The van der Waals surface area contributed by atoms with Crippen LogP contribution in [-0.4, -0.2) is 48.8 Å². The molecule has 0 radical (unpaired) electrons. The van der Waals surface area contributed by atoms with Gasteiger partial charge in [-0.2, -0.15) is 0 Å². The summed E-state index contributed by atoms with van der Waals surface area (Å²) in [6, 6.07) is 5.19. The molecule has 1 amide bonds. The van der Waals surface area contributed by atoms with Crippen LogP contribution in [0.3, 0.4) is 0 Å². The third-order valence-corrected chi connectivity index (χ3v) is 3.96. The predicted molar refractivity (Wildman–Crippen MR) is 96.6 cm³/mol. The Morgan fingerprint density at radius 1 is 1.24 bits per heavy atom. The molecule has 0 unspecified atom stereocenters. The number of esters is 1. The Morgan fingerprint density at radius 2 is 1.88 bits per heavy atom. The Balaban J connectivity index is 1.97. The second-order valence-corrected chi connectivity index (χ2v) is 7.18. The lowest BCUT2D eigenvalue weighted by atomic mass is 10.0. The molecule has 1 fully saturated rings. The van der Waals surface area contributed by atoms with Crippen molar-refractivity contribution in [3.05, 3.63) is 23.8 Å². The molecule has 1 aliphatic rings. The fourth-order valence-electron chi connectivity index (χ4n) is 2.72.